The number of carbonyl (C=O) groups is 1. The molecule has 0 aliphatic carbocycles. The summed E-state index contributed by atoms with van der Waals surface area (Å²) in [5.74, 6) is -0.313. The van der Waals surface area contributed by atoms with Gasteiger partial charge >= 0.3 is 0 Å². The van der Waals surface area contributed by atoms with Gasteiger partial charge in [-0.15, -0.1) is 0 Å². The lowest BCUT2D eigenvalue weighted by molar-refractivity contribution is -0.384. The minimum absolute atomic E-state index is 0.0216. The summed E-state index contributed by atoms with van der Waals surface area (Å²) in [7, 11) is -3.80. The van der Waals surface area contributed by atoms with Gasteiger partial charge in [0.25, 0.3) is 5.69 Å². The van der Waals surface area contributed by atoms with Gasteiger partial charge in [0.2, 0.25) is 15.9 Å². The van der Waals surface area contributed by atoms with E-state index in [0.29, 0.717) is 13.1 Å². The SMILES string of the molecule is NCCNC(=O)CCNS(=O)(=O)c1ccc([N+](=O)[O-])cc1. The molecule has 0 fully saturated rings. The molecule has 0 radical (unpaired) electrons. The molecule has 0 heterocycles. The molecule has 0 bridgehead atoms. The van der Waals surface area contributed by atoms with Crippen molar-refractivity contribution in [3.05, 3.63) is 34.4 Å². The molecule has 1 aromatic rings. The molecule has 0 saturated heterocycles. The molecule has 9 nitrogen and oxygen atoms in total. The second kappa shape index (κ2) is 7.67. The summed E-state index contributed by atoms with van der Waals surface area (Å²) in [6.45, 7) is 0.559. The fourth-order valence-corrected chi connectivity index (χ4v) is 2.46. The number of nitrogens with one attached hydrogen (secondary N) is 2. The standard InChI is InChI=1S/C11H16N4O5S/c12-6-8-13-11(16)5-7-14-21(19,20)10-3-1-9(2-4-10)15(17)18/h1-4,14H,5-8,12H2,(H,13,16). The second-order valence-corrected chi connectivity index (χ2v) is 5.80. The molecule has 0 aliphatic heterocycles. The molecule has 0 unspecified atom stereocenters. The van der Waals surface area contributed by atoms with Crippen LogP contribution in [0.25, 0.3) is 0 Å². The lowest BCUT2D eigenvalue weighted by atomic mass is 10.3. The summed E-state index contributed by atoms with van der Waals surface area (Å²) in [5.41, 5.74) is 5.01. The number of nitro groups is 1. The number of amides is 1. The molecule has 0 atom stereocenters. The molecule has 21 heavy (non-hydrogen) atoms. The first-order valence-electron chi connectivity index (χ1n) is 6.07. The highest BCUT2D eigenvalue weighted by molar-refractivity contribution is 7.89. The van der Waals surface area contributed by atoms with Gasteiger partial charge in [0, 0.05) is 38.2 Å². The van der Waals surface area contributed by atoms with Crippen molar-refractivity contribution >= 4 is 21.6 Å². The number of rotatable bonds is 8. The van der Waals surface area contributed by atoms with Crippen LogP contribution in [0.3, 0.4) is 0 Å². The minimum atomic E-state index is -3.80. The van der Waals surface area contributed by atoms with Crippen LogP contribution in [-0.4, -0.2) is 38.9 Å². The van der Waals surface area contributed by atoms with E-state index in [0.717, 1.165) is 24.3 Å². The summed E-state index contributed by atoms with van der Waals surface area (Å²) >= 11 is 0. The number of non-ortho nitro benzene ring substituents is 1. The zero-order chi connectivity index (χ0) is 15.9. The molecule has 1 rings (SSSR count). The number of nitrogens with two attached hydrogens (primary N) is 1. The van der Waals surface area contributed by atoms with Crippen LogP contribution in [0.5, 0.6) is 0 Å². The fraction of sp³-hybridized carbons (Fsp3) is 0.364. The van der Waals surface area contributed by atoms with Gasteiger partial charge in [-0.2, -0.15) is 0 Å². The van der Waals surface area contributed by atoms with Crippen molar-refractivity contribution in [2.24, 2.45) is 5.73 Å². The second-order valence-electron chi connectivity index (χ2n) is 4.04. The Labute approximate surface area is 121 Å². The molecule has 0 spiro atoms. The van der Waals surface area contributed by atoms with E-state index >= 15 is 0 Å². The largest absolute Gasteiger partial charge is 0.355 e. The van der Waals surface area contributed by atoms with E-state index in [2.05, 4.69) is 10.0 Å². The van der Waals surface area contributed by atoms with Crippen molar-refractivity contribution in [1.82, 2.24) is 10.0 Å². The fourth-order valence-electron chi connectivity index (χ4n) is 1.43. The Morgan fingerprint density at radius 3 is 2.38 bits per heavy atom. The van der Waals surface area contributed by atoms with Gasteiger partial charge in [0.15, 0.2) is 0 Å². The van der Waals surface area contributed by atoms with E-state index in [1.165, 1.54) is 0 Å². The molecule has 0 aromatic heterocycles. The van der Waals surface area contributed by atoms with Crippen molar-refractivity contribution < 1.29 is 18.1 Å². The average molecular weight is 316 g/mol. The maximum absolute atomic E-state index is 11.9. The molecule has 10 heteroatoms. The first-order valence-corrected chi connectivity index (χ1v) is 7.56. The molecule has 0 aliphatic rings. The van der Waals surface area contributed by atoms with E-state index in [4.69, 9.17) is 5.73 Å². The third kappa shape index (κ3) is 5.45. The predicted molar refractivity (Wildman–Crippen MR) is 75.0 cm³/mol. The smallest absolute Gasteiger partial charge is 0.269 e. The van der Waals surface area contributed by atoms with Gasteiger partial charge in [-0.3, -0.25) is 14.9 Å². The highest BCUT2D eigenvalue weighted by Crippen LogP contribution is 2.15. The summed E-state index contributed by atoms with van der Waals surface area (Å²) in [5, 5.41) is 13.0. The van der Waals surface area contributed by atoms with E-state index in [-0.39, 0.29) is 29.5 Å². The Balaban J connectivity index is 2.57. The van der Waals surface area contributed by atoms with Crippen molar-refractivity contribution in [1.29, 1.82) is 0 Å². The van der Waals surface area contributed by atoms with Crippen LogP contribution < -0.4 is 15.8 Å². The van der Waals surface area contributed by atoms with Crippen LogP contribution in [0.2, 0.25) is 0 Å². The molecule has 1 aromatic carbocycles. The Morgan fingerprint density at radius 1 is 1.24 bits per heavy atom. The third-order valence-corrected chi connectivity index (χ3v) is 3.95. The Morgan fingerprint density at radius 2 is 1.86 bits per heavy atom. The summed E-state index contributed by atoms with van der Waals surface area (Å²) in [4.78, 5) is 21.0. The molecule has 116 valence electrons. The third-order valence-electron chi connectivity index (χ3n) is 2.47. The number of nitro benzene ring substituents is 1. The van der Waals surface area contributed by atoms with Crippen LogP contribution in [0.15, 0.2) is 29.2 Å². The number of hydrogen-bond donors (Lipinski definition) is 3. The van der Waals surface area contributed by atoms with Crippen molar-refractivity contribution in [2.45, 2.75) is 11.3 Å². The maximum Gasteiger partial charge on any atom is 0.269 e. The highest BCUT2D eigenvalue weighted by atomic mass is 32.2. The Kier molecular flexibility index (Phi) is 6.21. The molecular weight excluding hydrogens is 300 g/mol. The van der Waals surface area contributed by atoms with E-state index in [9.17, 15) is 23.3 Å². The number of sulfonamides is 1. The zero-order valence-corrected chi connectivity index (χ0v) is 11.9. The van der Waals surface area contributed by atoms with E-state index in [1.54, 1.807) is 0 Å². The minimum Gasteiger partial charge on any atom is -0.355 e. The first kappa shape index (κ1) is 17.0. The number of carbonyl (C=O) groups excluding carboxylic acids is 1. The number of benzene rings is 1. The number of nitrogens with zero attached hydrogens (tertiary/aromatic N) is 1. The monoisotopic (exact) mass is 316 g/mol. The summed E-state index contributed by atoms with van der Waals surface area (Å²) in [6.07, 6.45) is -0.0216. The highest BCUT2D eigenvalue weighted by Gasteiger charge is 2.15. The van der Waals surface area contributed by atoms with Crippen LogP contribution in [0.1, 0.15) is 6.42 Å². The number of hydrogen-bond acceptors (Lipinski definition) is 6. The summed E-state index contributed by atoms with van der Waals surface area (Å²) in [6, 6.07) is 4.47. The van der Waals surface area contributed by atoms with Crippen molar-refractivity contribution in [2.75, 3.05) is 19.6 Å². The van der Waals surface area contributed by atoms with E-state index < -0.39 is 14.9 Å². The van der Waals surface area contributed by atoms with Gasteiger partial charge in [0.1, 0.15) is 0 Å². The van der Waals surface area contributed by atoms with Crippen LogP contribution in [-0.2, 0) is 14.8 Å². The zero-order valence-electron chi connectivity index (χ0n) is 11.1. The molecular formula is C11H16N4O5S. The first-order chi connectivity index (χ1) is 9.86. The molecule has 4 N–H and O–H groups in total. The van der Waals surface area contributed by atoms with Crippen LogP contribution in [0.4, 0.5) is 5.69 Å². The molecule has 0 saturated carbocycles. The topological polar surface area (TPSA) is 144 Å². The van der Waals surface area contributed by atoms with Crippen LogP contribution >= 0.6 is 0 Å². The Hall–Kier alpha value is -2.04. The van der Waals surface area contributed by atoms with Gasteiger partial charge < -0.3 is 11.1 Å². The van der Waals surface area contributed by atoms with Crippen molar-refractivity contribution in [3.63, 3.8) is 0 Å². The van der Waals surface area contributed by atoms with Gasteiger partial charge in [-0.1, -0.05) is 0 Å². The predicted octanol–water partition coefficient (Wildman–Crippen LogP) is -0.662. The van der Waals surface area contributed by atoms with Gasteiger partial charge in [0.05, 0.1) is 9.82 Å². The lowest BCUT2D eigenvalue weighted by Crippen LogP contribution is -2.33. The normalized spacial score (nSPS) is 11.1. The Bertz CT molecular complexity index is 600. The lowest BCUT2D eigenvalue weighted by Gasteiger charge is -2.07. The van der Waals surface area contributed by atoms with Crippen LogP contribution in [0, 0.1) is 10.1 Å². The van der Waals surface area contributed by atoms with Gasteiger partial charge in [-0.25, -0.2) is 13.1 Å². The molecule has 1 amide bonds. The van der Waals surface area contributed by atoms with Gasteiger partial charge in [-0.05, 0) is 12.1 Å². The average Bonchev–Trinajstić information content (AvgIpc) is 2.45. The summed E-state index contributed by atoms with van der Waals surface area (Å²) < 4.78 is 26.0. The van der Waals surface area contributed by atoms with Crippen molar-refractivity contribution in [3.8, 4) is 0 Å². The maximum atomic E-state index is 11.9. The van der Waals surface area contributed by atoms with E-state index in [1.807, 2.05) is 0 Å². The quantitative estimate of drug-likeness (QED) is 0.429.